The maximum Gasteiger partial charge on any atom is 0.191 e. The van der Waals surface area contributed by atoms with Crippen molar-refractivity contribution in [3.05, 3.63) is 59.7 Å². The van der Waals surface area contributed by atoms with Crippen LogP contribution >= 0.6 is 24.0 Å². The van der Waals surface area contributed by atoms with Crippen LogP contribution in [0.25, 0.3) is 0 Å². The van der Waals surface area contributed by atoms with Crippen LogP contribution in [-0.2, 0) is 6.54 Å². The fraction of sp³-hybridized carbons (Fsp3) is 0.409. The molecule has 1 unspecified atom stereocenters. The number of methoxy groups -OCH3 is 1. The van der Waals surface area contributed by atoms with Gasteiger partial charge in [-0.15, -0.1) is 24.0 Å². The zero-order valence-corrected chi connectivity index (χ0v) is 19.3. The second kappa shape index (κ2) is 11.1. The SMILES string of the molecule is CCNC(=NCc1ccc(C)c(OC)c1)NC1CCN(c2ccccc2)C1.I. The Balaban J connectivity index is 0.00000280. The summed E-state index contributed by atoms with van der Waals surface area (Å²) in [6, 6.07) is 17.3. The van der Waals surface area contributed by atoms with Crippen LogP contribution in [0.2, 0.25) is 0 Å². The van der Waals surface area contributed by atoms with Crippen LogP contribution in [0.5, 0.6) is 5.75 Å². The molecule has 5 nitrogen and oxygen atoms in total. The van der Waals surface area contributed by atoms with Crippen molar-refractivity contribution in [1.29, 1.82) is 0 Å². The molecule has 1 aliphatic heterocycles. The molecule has 0 amide bonds. The number of para-hydroxylation sites is 1. The number of aryl methyl sites for hydroxylation is 1. The van der Waals surface area contributed by atoms with Crippen LogP contribution in [0, 0.1) is 6.92 Å². The molecule has 2 aromatic carbocycles. The van der Waals surface area contributed by atoms with Crippen LogP contribution in [0.4, 0.5) is 5.69 Å². The third-order valence-electron chi connectivity index (χ3n) is 4.89. The minimum absolute atomic E-state index is 0. The van der Waals surface area contributed by atoms with E-state index >= 15 is 0 Å². The molecular formula is C22H31IN4O. The maximum atomic E-state index is 5.42. The van der Waals surface area contributed by atoms with E-state index in [0.29, 0.717) is 12.6 Å². The van der Waals surface area contributed by atoms with Gasteiger partial charge in [-0.05, 0) is 49.6 Å². The number of halogens is 1. The van der Waals surface area contributed by atoms with Crippen LogP contribution < -0.4 is 20.3 Å². The van der Waals surface area contributed by atoms with Crippen molar-refractivity contribution in [1.82, 2.24) is 10.6 Å². The molecule has 3 rings (SSSR count). The van der Waals surface area contributed by atoms with E-state index in [1.54, 1.807) is 7.11 Å². The largest absolute Gasteiger partial charge is 0.496 e. The van der Waals surface area contributed by atoms with Gasteiger partial charge in [-0.1, -0.05) is 30.3 Å². The summed E-state index contributed by atoms with van der Waals surface area (Å²) >= 11 is 0. The van der Waals surface area contributed by atoms with E-state index in [-0.39, 0.29) is 24.0 Å². The molecule has 1 saturated heterocycles. The van der Waals surface area contributed by atoms with Gasteiger partial charge in [0.25, 0.3) is 0 Å². The highest BCUT2D eigenvalue weighted by molar-refractivity contribution is 14.0. The highest BCUT2D eigenvalue weighted by Gasteiger charge is 2.23. The van der Waals surface area contributed by atoms with Crippen molar-refractivity contribution in [3.8, 4) is 5.75 Å². The first-order valence-corrected chi connectivity index (χ1v) is 9.68. The lowest BCUT2D eigenvalue weighted by Crippen LogP contribution is -2.44. The van der Waals surface area contributed by atoms with Crippen LogP contribution in [0.15, 0.2) is 53.5 Å². The molecule has 0 spiro atoms. The van der Waals surface area contributed by atoms with Crippen molar-refractivity contribution in [2.75, 3.05) is 31.6 Å². The van der Waals surface area contributed by atoms with E-state index in [1.165, 1.54) is 5.69 Å². The molecule has 28 heavy (non-hydrogen) atoms. The lowest BCUT2D eigenvalue weighted by Gasteiger charge is -2.20. The standard InChI is InChI=1S/C22H30N4O.HI/c1-4-23-22(24-15-18-11-10-17(2)21(14-18)27-3)25-19-12-13-26(16-19)20-8-6-5-7-9-20;/h5-11,14,19H,4,12-13,15-16H2,1-3H3,(H2,23,24,25);1H. The van der Waals surface area contributed by atoms with Gasteiger partial charge in [-0.3, -0.25) is 0 Å². The summed E-state index contributed by atoms with van der Waals surface area (Å²) in [6.45, 7) is 7.68. The molecule has 6 heteroatoms. The van der Waals surface area contributed by atoms with Crippen molar-refractivity contribution in [3.63, 3.8) is 0 Å². The van der Waals surface area contributed by atoms with Crippen LogP contribution in [0.3, 0.4) is 0 Å². The summed E-state index contributed by atoms with van der Waals surface area (Å²) in [6.07, 6.45) is 1.11. The second-order valence-electron chi connectivity index (χ2n) is 6.91. The maximum absolute atomic E-state index is 5.42. The summed E-state index contributed by atoms with van der Waals surface area (Å²) in [5.41, 5.74) is 3.57. The van der Waals surface area contributed by atoms with Crippen LogP contribution in [0.1, 0.15) is 24.5 Å². The highest BCUT2D eigenvalue weighted by Crippen LogP contribution is 2.20. The lowest BCUT2D eigenvalue weighted by atomic mass is 10.1. The summed E-state index contributed by atoms with van der Waals surface area (Å²) in [5.74, 6) is 1.78. The predicted octanol–water partition coefficient (Wildman–Crippen LogP) is 3.96. The van der Waals surface area contributed by atoms with E-state index < -0.39 is 0 Å². The predicted molar refractivity (Wildman–Crippen MR) is 128 cm³/mol. The van der Waals surface area contributed by atoms with Gasteiger partial charge in [-0.2, -0.15) is 0 Å². The molecule has 2 aromatic rings. The second-order valence-corrected chi connectivity index (χ2v) is 6.91. The lowest BCUT2D eigenvalue weighted by molar-refractivity contribution is 0.411. The number of nitrogens with zero attached hydrogens (tertiary/aromatic N) is 2. The summed E-state index contributed by atoms with van der Waals surface area (Å²) in [4.78, 5) is 7.19. The van der Waals surface area contributed by atoms with Gasteiger partial charge in [0.15, 0.2) is 5.96 Å². The van der Waals surface area contributed by atoms with E-state index in [1.807, 2.05) is 0 Å². The Kier molecular flexibility index (Phi) is 8.89. The summed E-state index contributed by atoms with van der Waals surface area (Å²) < 4.78 is 5.42. The Morgan fingerprint density at radius 2 is 2.00 bits per heavy atom. The van der Waals surface area contributed by atoms with Crippen molar-refractivity contribution < 1.29 is 4.74 Å². The minimum atomic E-state index is 0. The Morgan fingerprint density at radius 1 is 1.21 bits per heavy atom. The molecule has 1 heterocycles. The summed E-state index contributed by atoms with van der Waals surface area (Å²) in [7, 11) is 1.71. The fourth-order valence-corrected chi connectivity index (χ4v) is 3.40. The average Bonchev–Trinajstić information content (AvgIpc) is 3.16. The van der Waals surface area contributed by atoms with Crippen molar-refractivity contribution in [2.24, 2.45) is 4.99 Å². The molecule has 0 aliphatic carbocycles. The van der Waals surface area contributed by atoms with E-state index in [4.69, 9.17) is 9.73 Å². The number of benzene rings is 2. The first-order valence-electron chi connectivity index (χ1n) is 9.68. The number of rotatable bonds is 6. The average molecular weight is 494 g/mol. The quantitative estimate of drug-likeness (QED) is 0.363. The number of anilines is 1. The molecular weight excluding hydrogens is 463 g/mol. The number of nitrogens with one attached hydrogen (secondary N) is 2. The number of hydrogen-bond acceptors (Lipinski definition) is 3. The first kappa shape index (κ1) is 22.3. The molecule has 0 saturated carbocycles. The molecule has 1 atom stereocenters. The monoisotopic (exact) mass is 494 g/mol. The molecule has 0 bridgehead atoms. The van der Waals surface area contributed by atoms with Gasteiger partial charge in [0.05, 0.1) is 13.7 Å². The number of aliphatic imine (C=N–C) groups is 1. The molecule has 0 radical (unpaired) electrons. The van der Waals surface area contributed by atoms with Gasteiger partial charge in [0.1, 0.15) is 5.75 Å². The van der Waals surface area contributed by atoms with Gasteiger partial charge in [0, 0.05) is 31.4 Å². The number of hydrogen-bond donors (Lipinski definition) is 2. The third-order valence-corrected chi connectivity index (χ3v) is 4.89. The zero-order chi connectivity index (χ0) is 19.1. The minimum Gasteiger partial charge on any atom is -0.496 e. The number of guanidine groups is 1. The molecule has 1 fully saturated rings. The Bertz CT molecular complexity index is 766. The summed E-state index contributed by atoms with van der Waals surface area (Å²) in [5, 5.41) is 6.96. The topological polar surface area (TPSA) is 48.9 Å². The van der Waals surface area contributed by atoms with E-state index in [2.05, 4.69) is 77.9 Å². The zero-order valence-electron chi connectivity index (χ0n) is 16.9. The van der Waals surface area contributed by atoms with E-state index in [0.717, 1.165) is 48.9 Å². The Hall–Kier alpha value is -1.96. The molecule has 0 aromatic heterocycles. The normalized spacial score (nSPS) is 16.5. The molecule has 152 valence electrons. The molecule has 1 aliphatic rings. The Morgan fingerprint density at radius 3 is 2.71 bits per heavy atom. The van der Waals surface area contributed by atoms with Gasteiger partial charge >= 0.3 is 0 Å². The van der Waals surface area contributed by atoms with Crippen LogP contribution in [-0.4, -0.2) is 38.7 Å². The van der Waals surface area contributed by atoms with Crippen molar-refractivity contribution >= 4 is 35.6 Å². The number of ether oxygens (including phenoxy) is 1. The van der Waals surface area contributed by atoms with E-state index in [9.17, 15) is 0 Å². The smallest absolute Gasteiger partial charge is 0.191 e. The van der Waals surface area contributed by atoms with Gasteiger partial charge in [0.2, 0.25) is 0 Å². The first-order chi connectivity index (χ1) is 13.2. The molecule has 2 N–H and O–H groups in total. The van der Waals surface area contributed by atoms with Gasteiger partial charge < -0.3 is 20.3 Å². The third kappa shape index (κ3) is 6.02. The van der Waals surface area contributed by atoms with Gasteiger partial charge in [-0.25, -0.2) is 4.99 Å². The van der Waals surface area contributed by atoms with Crippen molar-refractivity contribution in [2.45, 2.75) is 32.9 Å². The highest BCUT2D eigenvalue weighted by atomic mass is 127. The fourth-order valence-electron chi connectivity index (χ4n) is 3.40. The Labute approximate surface area is 185 Å².